The van der Waals surface area contributed by atoms with Gasteiger partial charge in [0.15, 0.2) is 0 Å². The van der Waals surface area contributed by atoms with Crippen LogP contribution in [0.4, 0.5) is 5.69 Å². The molecule has 130 valence electrons. The summed E-state index contributed by atoms with van der Waals surface area (Å²) in [5.74, 6) is 0.439. The number of hydrogen-bond acceptors (Lipinski definition) is 2. The van der Waals surface area contributed by atoms with Gasteiger partial charge in [-0.15, -0.1) is 0 Å². The average molecular weight is 343 g/mol. The van der Waals surface area contributed by atoms with E-state index in [1.54, 1.807) is 0 Å². The summed E-state index contributed by atoms with van der Waals surface area (Å²) in [6, 6.07) is 11.5. The Morgan fingerprint density at radius 2 is 1.54 bits per heavy atom. The van der Waals surface area contributed by atoms with Crippen molar-refractivity contribution < 1.29 is 5.11 Å². The molecule has 0 fully saturated rings. The summed E-state index contributed by atoms with van der Waals surface area (Å²) in [7, 11) is 0.453. The molecule has 2 nitrogen and oxygen atoms in total. The van der Waals surface area contributed by atoms with Crippen LogP contribution >= 0.6 is 8.58 Å². The number of benzene rings is 2. The average Bonchev–Trinajstić information content (AvgIpc) is 2.46. The molecular weight excluding hydrogens is 313 g/mol. The number of aryl methyl sites for hydroxylation is 3. The number of hydrogen-bond donors (Lipinski definition) is 1. The van der Waals surface area contributed by atoms with Gasteiger partial charge in [-0.25, -0.2) is 0 Å². The lowest BCUT2D eigenvalue weighted by atomic mass is 10.1. The Kier molecular flexibility index (Phi) is 5.93. The van der Waals surface area contributed by atoms with Gasteiger partial charge in [-0.1, -0.05) is 26.8 Å². The first-order valence-corrected chi connectivity index (χ1v) is 9.67. The second-order valence-electron chi connectivity index (χ2n) is 7.17. The van der Waals surface area contributed by atoms with E-state index in [0.29, 0.717) is 26.4 Å². The van der Waals surface area contributed by atoms with Crippen molar-refractivity contribution in [3.05, 3.63) is 47.0 Å². The molecule has 2 aromatic rings. The lowest BCUT2D eigenvalue weighted by Crippen LogP contribution is -2.39. The first kappa shape index (κ1) is 18.8. The zero-order valence-corrected chi connectivity index (χ0v) is 16.9. The summed E-state index contributed by atoms with van der Waals surface area (Å²) in [5.41, 5.74) is 4.73. The SMILES string of the molecule is Cc1cc(C)c(O)c(Pc2c(C)cccc2N(C(C)C)C(C)C)c1. The number of aromatic hydroxyl groups is 1. The molecule has 2 aromatic carbocycles. The molecule has 1 atom stereocenters. The maximum atomic E-state index is 10.5. The molecule has 0 saturated heterocycles. The normalized spacial score (nSPS) is 11.9. The van der Waals surface area contributed by atoms with E-state index in [2.05, 4.69) is 70.7 Å². The topological polar surface area (TPSA) is 23.5 Å². The largest absolute Gasteiger partial charge is 0.507 e. The van der Waals surface area contributed by atoms with Crippen LogP contribution in [0.3, 0.4) is 0 Å². The monoisotopic (exact) mass is 343 g/mol. The molecule has 0 saturated carbocycles. The van der Waals surface area contributed by atoms with Crippen molar-refractivity contribution in [2.45, 2.75) is 60.5 Å². The van der Waals surface area contributed by atoms with Crippen LogP contribution < -0.4 is 15.5 Å². The van der Waals surface area contributed by atoms with Crippen LogP contribution in [0.1, 0.15) is 44.4 Å². The quantitative estimate of drug-likeness (QED) is 0.804. The standard InChI is InChI=1S/C21H30NOP/c1-13(2)22(14(3)4)18-10-8-9-16(6)21(18)24-19-12-15(5)11-17(7)20(19)23/h8-14,23-24H,1-7H3. The Morgan fingerprint density at radius 3 is 2.12 bits per heavy atom. The molecule has 1 unspecified atom stereocenters. The first-order valence-electron chi connectivity index (χ1n) is 8.67. The predicted molar refractivity (Wildman–Crippen MR) is 109 cm³/mol. The molecule has 0 aliphatic heterocycles. The minimum atomic E-state index is 0.434. The smallest absolute Gasteiger partial charge is 0.126 e. The molecule has 0 radical (unpaired) electrons. The van der Waals surface area contributed by atoms with E-state index in [1.165, 1.54) is 22.1 Å². The van der Waals surface area contributed by atoms with Crippen molar-refractivity contribution in [1.82, 2.24) is 0 Å². The van der Waals surface area contributed by atoms with Crippen molar-refractivity contribution in [3.63, 3.8) is 0 Å². The summed E-state index contributed by atoms with van der Waals surface area (Å²) in [6.07, 6.45) is 0. The van der Waals surface area contributed by atoms with E-state index < -0.39 is 0 Å². The van der Waals surface area contributed by atoms with Crippen molar-refractivity contribution in [2.24, 2.45) is 0 Å². The summed E-state index contributed by atoms with van der Waals surface area (Å²) >= 11 is 0. The minimum absolute atomic E-state index is 0.434. The molecule has 2 rings (SSSR count). The summed E-state index contributed by atoms with van der Waals surface area (Å²) in [6.45, 7) is 15.2. The van der Waals surface area contributed by atoms with Crippen molar-refractivity contribution in [3.8, 4) is 5.75 Å². The fourth-order valence-corrected chi connectivity index (χ4v) is 4.88. The van der Waals surface area contributed by atoms with Gasteiger partial charge in [0.05, 0.1) is 0 Å². The van der Waals surface area contributed by atoms with E-state index in [9.17, 15) is 5.11 Å². The molecule has 0 spiro atoms. The van der Waals surface area contributed by atoms with E-state index >= 15 is 0 Å². The molecule has 0 amide bonds. The fraction of sp³-hybridized carbons (Fsp3) is 0.429. The maximum absolute atomic E-state index is 10.5. The number of rotatable bonds is 5. The van der Waals surface area contributed by atoms with Gasteiger partial charge in [0, 0.05) is 28.4 Å². The molecule has 0 aliphatic carbocycles. The van der Waals surface area contributed by atoms with E-state index in [-0.39, 0.29) is 0 Å². The molecule has 0 aliphatic rings. The van der Waals surface area contributed by atoms with Crippen LogP contribution in [0.15, 0.2) is 30.3 Å². The van der Waals surface area contributed by atoms with Crippen molar-refractivity contribution in [2.75, 3.05) is 4.90 Å². The lowest BCUT2D eigenvalue weighted by molar-refractivity contribution is 0.475. The Morgan fingerprint density at radius 1 is 0.917 bits per heavy atom. The van der Waals surface area contributed by atoms with Gasteiger partial charge in [0.25, 0.3) is 0 Å². The number of anilines is 1. The van der Waals surface area contributed by atoms with E-state index in [1.807, 2.05) is 13.0 Å². The molecular formula is C21H30NOP. The molecule has 3 heteroatoms. The highest BCUT2D eigenvalue weighted by atomic mass is 31.1. The molecule has 0 aromatic heterocycles. The third-order valence-electron chi connectivity index (χ3n) is 4.35. The highest BCUT2D eigenvalue weighted by Crippen LogP contribution is 2.30. The highest BCUT2D eigenvalue weighted by molar-refractivity contribution is 7.56. The third kappa shape index (κ3) is 3.92. The zero-order valence-electron chi connectivity index (χ0n) is 15.9. The molecule has 24 heavy (non-hydrogen) atoms. The molecule has 0 heterocycles. The van der Waals surface area contributed by atoms with Crippen LogP contribution in [-0.2, 0) is 0 Å². The summed E-state index contributed by atoms with van der Waals surface area (Å²) < 4.78 is 0. The van der Waals surface area contributed by atoms with E-state index in [0.717, 1.165) is 10.9 Å². The van der Waals surface area contributed by atoms with Crippen molar-refractivity contribution >= 4 is 24.9 Å². The number of phenols is 1. The second-order valence-corrected chi connectivity index (χ2v) is 8.46. The van der Waals surface area contributed by atoms with E-state index in [4.69, 9.17) is 0 Å². The van der Waals surface area contributed by atoms with Gasteiger partial charge in [-0.05, 0) is 77.3 Å². The molecule has 0 bridgehead atoms. The lowest BCUT2D eigenvalue weighted by Gasteiger charge is -2.35. The van der Waals surface area contributed by atoms with Crippen LogP contribution in [0.2, 0.25) is 0 Å². The fourth-order valence-electron chi connectivity index (χ4n) is 3.37. The first-order chi connectivity index (χ1) is 11.2. The highest BCUT2D eigenvalue weighted by Gasteiger charge is 2.20. The van der Waals surface area contributed by atoms with Gasteiger partial charge in [-0.3, -0.25) is 0 Å². The van der Waals surface area contributed by atoms with Crippen molar-refractivity contribution in [1.29, 1.82) is 0 Å². The number of nitrogens with zero attached hydrogens (tertiary/aromatic N) is 1. The third-order valence-corrected chi connectivity index (χ3v) is 5.90. The van der Waals surface area contributed by atoms with Gasteiger partial charge >= 0.3 is 0 Å². The van der Waals surface area contributed by atoms with Crippen LogP contribution in [0.5, 0.6) is 5.75 Å². The van der Waals surface area contributed by atoms with Crippen LogP contribution in [0.25, 0.3) is 0 Å². The van der Waals surface area contributed by atoms with Gasteiger partial charge in [-0.2, -0.15) is 0 Å². The van der Waals surface area contributed by atoms with Gasteiger partial charge in [0.2, 0.25) is 0 Å². The summed E-state index contributed by atoms with van der Waals surface area (Å²) in [4.78, 5) is 2.47. The zero-order chi connectivity index (χ0) is 18.0. The molecule has 1 N–H and O–H groups in total. The van der Waals surface area contributed by atoms with Gasteiger partial charge < -0.3 is 10.0 Å². The minimum Gasteiger partial charge on any atom is -0.507 e. The Balaban J connectivity index is 2.55. The Labute approximate surface area is 148 Å². The van der Waals surface area contributed by atoms with Crippen LogP contribution in [-0.4, -0.2) is 17.2 Å². The number of phenolic OH excluding ortho intramolecular Hbond substituents is 1. The van der Waals surface area contributed by atoms with Gasteiger partial charge in [0.1, 0.15) is 5.75 Å². The Bertz CT molecular complexity index is 714. The predicted octanol–water partition coefficient (Wildman–Crippen LogP) is 4.57. The Hall–Kier alpha value is -1.53. The maximum Gasteiger partial charge on any atom is 0.126 e. The second kappa shape index (κ2) is 7.57. The van der Waals surface area contributed by atoms with Crippen LogP contribution in [0, 0.1) is 20.8 Å². The summed E-state index contributed by atoms with van der Waals surface area (Å²) in [5, 5.41) is 12.9.